The molecular weight excluding hydrogens is 394 g/mol. The van der Waals surface area contributed by atoms with E-state index >= 15 is 0 Å². The fourth-order valence-corrected chi connectivity index (χ4v) is 4.41. The van der Waals surface area contributed by atoms with Crippen LogP contribution in [0.3, 0.4) is 0 Å². The van der Waals surface area contributed by atoms with Crippen molar-refractivity contribution in [2.75, 3.05) is 5.75 Å². The van der Waals surface area contributed by atoms with Crippen molar-refractivity contribution in [3.8, 4) is 28.7 Å². The molecule has 1 saturated carbocycles. The molecule has 152 valence electrons. The van der Waals surface area contributed by atoms with E-state index in [1.54, 1.807) is 0 Å². The molecule has 0 atom stereocenters. The molecule has 1 aliphatic rings. The third-order valence-corrected chi connectivity index (χ3v) is 6.15. The minimum atomic E-state index is -0.725. The summed E-state index contributed by atoms with van der Waals surface area (Å²) >= 11 is 1.25. The number of carbonyl (C=O) groups is 1. The van der Waals surface area contributed by atoms with Gasteiger partial charge < -0.3 is 9.73 Å². The van der Waals surface area contributed by atoms with Gasteiger partial charge in [-0.25, -0.2) is 4.98 Å². The Labute approximate surface area is 180 Å². The van der Waals surface area contributed by atoms with Crippen molar-refractivity contribution in [1.29, 1.82) is 5.26 Å². The number of nitriles is 1. The van der Waals surface area contributed by atoms with Crippen LogP contribution in [-0.2, 0) is 4.79 Å². The number of rotatable bonds is 6. The van der Waals surface area contributed by atoms with E-state index in [2.05, 4.69) is 16.4 Å². The van der Waals surface area contributed by atoms with Gasteiger partial charge in [0.2, 0.25) is 5.91 Å². The van der Waals surface area contributed by atoms with Crippen LogP contribution in [0.5, 0.6) is 0 Å². The first-order valence-electron chi connectivity index (χ1n) is 10.2. The molecule has 4 rings (SSSR count). The van der Waals surface area contributed by atoms with Crippen molar-refractivity contribution in [1.82, 2.24) is 10.3 Å². The van der Waals surface area contributed by atoms with Crippen LogP contribution >= 0.6 is 11.8 Å². The summed E-state index contributed by atoms with van der Waals surface area (Å²) in [6, 6.07) is 22.0. The molecule has 1 heterocycles. The zero-order valence-corrected chi connectivity index (χ0v) is 17.5. The number of hydrogen-bond donors (Lipinski definition) is 1. The highest BCUT2D eigenvalue weighted by atomic mass is 32.2. The van der Waals surface area contributed by atoms with E-state index in [4.69, 9.17) is 4.42 Å². The lowest BCUT2D eigenvalue weighted by atomic mass is 9.83. The fourth-order valence-electron chi connectivity index (χ4n) is 3.79. The van der Waals surface area contributed by atoms with Gasteiger partial charge in [0, 0.05) is 11.1 Å². The molecule has 1 aromatic heterocycles. The topological polar surface area (TPSA) is 78.9 Å². The zero-order valence-electron chi connectivity index (χ0n) is 16.6. The van der Waals surface area contributed by atoms with Crippen LogP contribution in [0.2, 0.25) is 0 Å². The smallest absolute Gasteiger partial charge is 0.257 e. The Morgan fingerprint density at radius 2 is 1.67 bits per heavy atom. The number of hydrogen-bond acceptors (Lipinski definition) is 5. The van der Waals surface area contributed by atoms with E-state index in [1.807, 2.05) is 60.7 Å². The van der Waals surface area contributed by atoms with E-state index < -0.39 is 5.54 Å². The average molecular weight is 418 g/mol. The largest absolute Gasteiger partial charge is 0.431 e. The van der Waals surface area contributed by atoms with Gasteiger partial charge in [-0.2, -0.15) is 5.26 Å². The van der Waals surface area contributed by atoms with E-state index in [-0.39, 0.29) is 11.7 Å². The van der Waals surface area contributed by atoms with Crippen molar-refractivity contribution in [3.63, 3.8) is 0 Å². The molecular formula is C24H23N3O2S. The lowest BCUT2D eigenvalue weighted by molar-refractivity contribution is -0.120. The molecule has 1 fully saturated rings. The van der Waals surface area contributed by atoms with Crippen molar-refractivity contribution in [2.45, 2.75) is 42.9 Å². The van der Waals surface area contributed by atoms with E-state index in [1.165, 1.54) is 11.8 Å². The number of aromatic nitrogens is 1. The second kappa shape index (κ2) is 9.19. The monoisotopic (exact) mass is 417 g/mol. The minimum Gasteiger partial charge on any atom is -0.431 e. The number of nitrogens with one attached hydrogen (secondary N) is 1. The Kier molecular flexibility index (Phi) is 6.20. The summed E-state index contributed by atoms with van der Waals surface area (Å²) in [7, 11) is 0. The molecule has 0 unspecified atom stereocenters. The molecule has 0 spiro atoms. The van der Waals surface area contributed by atoms with Gasteiger partial charge in [-0.15, -0.1) is 0 Å². The first-order chi connectivity index (χ1) is 14.7. The summed E-state index contributed by atoms with van der Waals surface area (Å²) in [5, 5.41) is 13.0. The second-order valence-corrected chi connectivity index (χ2v) is 8.41. The summed E-state index contributed by atoms with van der Waals surface area (Å²) in [4.78, 5) is 17.2. The minimum absolute atomic E-state index is 0.159. The van der Waals surface area contributed by atoms with E-state index in [9.17, 15) is 10.1 Å². The number of oxazole rings is 1. The maximum atomic E-state index is 12.5. The lowest BCUT2D eigenvalue weighted by Crippen LogP contribution is -2.49. The number of amides is 1. The van der Waals surface area contributed by atoms with Gasteiger partial charge in [-0.1, -0.05) is 91.7 Å². The summed E-state index contributed by atoms with van der Waals surface area (Å²) in [6.07, 6.45) is 4.50. The third-order valence-electron chi connectivity index (χ3n) is 5.32. The molecule has 1 N–H and O–H groups in total. The average Bonchev–Trinajstić information content (AvgIpc) is 3.24. The Hall–Kier alpha value is -3.04. The van der Waals surface area contributed by atoms with Gasteiger partial charge in [0.05, 0.1) is 11.8 Å². The summed E-state index contributed by atoms with van der Waals surface area (Å²) in [5.74, 6) is 0.682. The van der Waals surface area contributed by atoms with Gasteiger partial charge in [0.15, 0.2) is 5.76 Å². The van der Waals surface area contributed by atoms with Crippen molar-refractivity contribution < 1.29 is 9.21 Å². The van der Waals surface area contributed by atoms with Crippen LogP contribution in [0.4, 0.5) is 0 Å². The Balaban J connectivity index is 1.51. The first kappa shape index (κ1) is 20.2. The van der Waals surface area contributed by atoms with Crippen LogP contribution in [-0.4, -0.2) is 22.2 Å². The molecule has 30 heavy (non-hydrogen) atoms. The van der Waals surface area contributed by atoms with E-state index in [0.717, 1.165) is 48.9 Å². The summed E-state index contributed by atoms with van der Waals surface area (Å²) < 4.78 is 6.05. The molecule has 5 nitrogen and oxygen atoms in total. The van der Waals surface area contributed by atoms with Crippen LogP contribution in [0.25, 0.3) is 22.6 Å². The molecule has 2 aromatic carbocycles. The Bertz CT molecular complexity index is 978. The van der Waals surface area contributed by atoms with E-state index in [0.29, 0.717) is 11.0 Å². The van der Waals surface area contributed by atoms with Gasteiger partial charge >= 0.3 is 0 Å². The predicted molar refractivity (Wildman–Crippen MR) is 118 cm³/mol. The SMILES string of the molecule is N#CC1(NC(=O)CSc2nc(-c3ccccc3)c(-c3ccccc3)o2)CCCCC1. The summed E-state index contributed by atoms with van der Waals surface area (Å²) in [6.45, 7) is 0. The maximum Gasteiger partial charge on any atom is 0.257 e. The number of nitrogens with zero attached hydrogens (tertiary/aromatic N) is 2. The quantitative estimate of drug-likeness (QED) is 0.540. The van der Waals surface area contributed by atoms with Gasteiger partial charge in [-0.3, -0.25) is 4.79 Å². The molecule has 0 saturated heterocycles. The molecule has 1 aliphatic carbocycles. The first-order valence-corrected chi connectivity index (χ1v) is 11.1. The van der Waals surface area contributed by atoms with Gasteiger partial charge in [0.25, 0.3) is 5.22 Å². The number of benzene rings is 2. The molecule has 0 aliphatic heterocycles. The fraction of sp³-hybridized carbons (Fsp3) is 0.292. The second-order valence-electron chi connectivity index (χ2n) is 7.48. The highest BCUT2D eigenvalue weighted by Gasteiger charge is 2.33. The van der Waals surface area contributed by atoms with Crippen molar-refractivity contribution >= 4 is 17.7 Å². The van der Waals surface area contributed by atoms with Crippen LogP contribution < -0.4 is 5.32 Å². The normalized spacial score (nSPS) is 15.3. The van der Waals surface area contributed by atoms with Crippen molar-refractivity contribution in [3.05, 3.63) is 60.7 Å². The summed E-state index contributed by atoms with van der Waals surface area (Å²) in [5.41, 5.74) is 1.93. The highest BCUT2D eigenvalue weighted by Crippen LogP contribution is 2.35. The molecule has 3 aromatic rings. The number of thioether (sulfide) groups is 1. The standard InChI is InChI=1S/C24H23N3O2S/c25-17-24(14-8-3-9-15-24)27-20(28)16-30-23-26-21(18-10-4-1-5-11-18)22(29-23)19-12-6-2-7-13-19/h1-2,4-7,10-13H,3,8-9,14-16H2,(H,27,28). The molecule has 6 heteroatoms. The molecule has 0 radical (unpaired) electrons. The maximum absolute atomic E-state index is 12.5. The predicted octanol–water partition coefficient (Wildman–Crippen LogP) is 5.44. The van der Waals surface area contributed by atoms with Crippen LogP contribution in [0.15, 0.2) is 70.3 Å². The highest BCUT2D eigenvalue weighted by molar-refractivity contribution is 7.99. The zero-order chi connectivity index (χ0) is 20.8. The van der Waals surface area contributed by atoms with Crippen LogP contribution in [0, 0.1) is 11.3 Å². The van der Waals surface area contributed by atoms with Crippen molar-refractivity contribution in [2.24, 2.45) is 0 Å². The Morgan fingerprint density at radius 1 is 1.03 bits per heavy atom. The number of carbonyl (C=O) groups excluding carboxylic acids is 1. The molecule has 1 amide bonds. The lowest BCUT2D eigenvalue weighted by Gasteiger charge is -2.31. The van der Waals surface area contributed by atoms with Gasteiger partial charge in [-0.05, 0) is 12.8 Å². The Morgan fingerprint density at radius 3 is 2.30 bits per heavy atom. The molecule has 0 bridgehead atoms. The van der Waals surface area contributed by atoms with Crippen LogP contribution in [0.1, 0.15) is 32.1 Å². The third kappa shape index (κ3) is 4.58. The van der Waals surface area contributed by atoms with Gasteiger partial charge in [0.1, 0.15) is 11.2 Å².